The lowest BCUT2D eigenvalue weighted by molar-refractivity contribution is 0.287. The van der Waals surface area contributed by atoms with E-state index in [1.165, 1.54) is 0 Å². The van der Waals surface area contributed by atoms with Crippen molar-refractivity contribution in [1.29, 1.82) is 0 Å². The Hall–Kier alpha value is -0.460. The fourth-order valence-corrected chi connectivity index (χ4v) is 2.50. The summed E-state index contributed by atoms with van der Waals surface area (Å²) in [6.07, 6.45) is 1.16. The van der Waals surface area contributed by atoms with Gasteiger partial charge in [0.25, 0.3) is 0 Å². The SMILES string of the molecule is OCCCc1nnc(S)n1-c1cc(Cl)c(Cl)c(Cl)c1. The minimum atomic E-state index is 0.0803. The summed E-state index contributed by atoms with van der Waals surface area (Å²) in [7, 11) is 0. The summed E-state index contributed by atoms with van der Waals surface area (Å²) in [6.45, 7) is 0.0803. The third-order valence-electron chi connectivity index (χ3n) is 2.50. The fourth-order valence-electron chi connectivity index (χ4n) is 1.64. The van der Waals surface area contributed by atoms with Gasteiger partial charge < -0.3 is 5.11 Å². The number of aryl methyl sites for hydroxylation is 1. The lowest BCUT2D eigenvalue weighted by Gasteiger charge is -2.10. The van der Waals surface area contributed by atoms with Crippen molar-refractivity contribution in [3.63, 3.8) is 0 Å². The molecule has 0 bridgehead atoms. The fraction of sp³-hybridized carbons (Fsp3) is 0.273. The normalized spacial score (nSPS) is 11.0. The first-order valence-electron chi connectivity index (χ1n) is 5.43. The molecule has 4 nitrogen and oxygen atoms in total. The molecule has 1 N–H and O–H groups in total. The van der Waals surface area contributed by atoms with Gasteiger partial charge in [0.2, 0.25) is 0 Å². The number of halogens is 3. The van der Waals surface area contributed by atoms with Crippen molar-refractivity contribution in [2.24, 2.45) is 0 Å². The van der Waals surface area contributed by atoms with Gasteiger partial charge in [-0.3, -0.25) is 4.57 Å². The molecular weight excluding hydrogens is 329 g/mol. The molecule has 0 aliphatic carbocycles. The highest BCUT2D eigenvalue weighted by Crippen LogP contribution is 2.33. The molecule has 0 fully saturated rings. The van der Waals surface area contributed by atoms with E-state index >= 15 is 0 Å². The van der Waals surface area contributed by atoms with E-state index in [4.69, 9.17) is 39.9 Å². The molecule has 8 heteroatoms. The molecule has 1 heterocycles. The maximum Gasteiger partial charge on any atom is 0.192 e. The van der Waals surface area contributed by atoms with Crippen molar-refractivity contribution in [3.8, 4) is 5.69 Å². The highest BCUT2D eigenvalue weighted by atomic mass is 35.5. The second-order valence-electron chi connectivity index (χ2n) is 3.80. The van der Waals surface area contributed by atoms with E-state index in [1.54, 1.807) is 16.7 Å². The number of hydrogen-bond acceptors (Lipinski definition) is 4. The van der Waals surface area contributed by atoms with E-state index in [-0.39, 0.29) is 6.61 Å². The number of thiol groups is 1. The zero-order chi connectivity index (χ0) is 14.0. The standard InChI is InChI=1S/C11H10Cl3N3OS/c12-7-4-6(5-8(13)10(7)14)17-9(2-1-3-18)15-16-11(17)19/h4-5,18H,1-3H2,(H,16,19). The van der Waals surface area contributed by atoms with Crippen LogP contribution in [-0.4, -0.2) is 26.5 Å². The Bertz CT molecular complexity index is 580. The van der Waals surface area contributed by atoms with Crippen molar-refractivity contribution in [2.45, 2.75) is 18.0 Å². The molecule has 102 valence electrons. The number of benzene rings is 1. The van der Waals surface area contributed by atoms with Gasteiger partial charge in [-0.2, -0.15) is 0 Å². The van der Waals surface area contributed by atoms with Gasteiger partial charge in [0, 0.05) is 13.0 Å². The van der Waals surface area contributed by atoms with Crippen molar-refractivity contribution in [2.75, 3.05) is 6.61 Å². The number of nitrogens with zero attached hydrogens (tertiary/aromatic N) is 3. The smallest absolute Gasteiger partial charge is 0.192 e. The molecule has 0 atom stereocenters. The van der Waals surface area contributed by atoms with E-state index in [0.717, 1.165) is 0 Å². The summed E-state index contributed by atoms with van der Waals surface area (Å²) in [6, 6.07) is 3.34. The molecule has 1 aromatic heterocycles. The van der Waals surface area contributed by atoms with Crippen LogP contribution in [0.4, 0.5) is 0 Å². The van der Waals surface area contributed by atoms with Gasteiger partial charge in [-0.1, -0.05) is 34.8 Å². The van der Waals surface area contributed by atoms with Crippen LogP contribution in [0.2, 0.25) is 15.1 Å². The average molecular weight is 339 g/mol. The van der Waals surface area contributed by atoms with Crippen molar-refractivity contribution < 1.29 is 5.11 Å². The van der Waals surface area contributed by atoms with Crippen LogP contribution in [0, 0.1) is 0 Å². The Kier molecular flexibility index (Phi) is 4.97. The van der Waals surface area contributed by atoms with E-state index in [1.807, 2.05) is 0 Å². The van der Waals surface area contributed by atoms with Crippen LogP contribution < -0.4 is 0 Å². The second kappa shape index (κ2) is 6.33. The molecule has 2 aromatic rings. The first kappa shape index (κ1) is 14.9. The summed E-state index contributed by atoms with van der Waals surface area (Å²) in [5, 5.41) is 18.2. The molecule has 0 amide bonds. The monoisotopic (exact) mass is 337 g/mol. The van der Waals surface area contributed by atoms with E-state index < -0.39 is 0 Å². The minimum absolute atomic E-state index is 0.0803. The van der Waals surface area contributed by atoms with E-state index in [0.29, 0.717) is 44.6 Å². The molecule has 19 heavy (non-hydrogen) atoms. The predicted molar refractivity (Wildman–Crippen MR) is 79.0 cm³/mol. The highest BCUT2D eigenvalue weighted by molar-refractivity contribution is 7.80. The highest BCUT2D eigenvalue weighted by Gasteiger charge is 2.14. The van der Waals surface area contributed by atoms with Crippen LogP contribution in [0.3, 0.4) is 0 Å². The van der Waals surface area contributed by atoms with Crippen LogP contribution in [-0.2, 0) is 6.42 Å². The van der Waals surface area contributed by atoms with E-state index in [2.05, 4.69) is 22.8 Å². The third-order valence-corrected chi connectivity index (χ3v) is 3.98. The van der Waals surface area contributed by atoms with Gasteiger partial charge >= 0.3 is 0 Å². The molecule has 2 rings (SSSR count). The summed E-state index contributed by atoms with van der Waals surface area (Å²) >= 11 is 22.2. The molecule has 0 unspecified atom stereocenters. The Labute approximate surface area is 130 Å². The maximum atomic E-state index is 8.88. The van der Waals surface area contributed by atoms with Gasteiger partial charge in [0.05, 0.1) is 20.8 Å². The van der Waals surface area contributed by atoms with Gasteiger partial charge in [0.15, 0.2) is 5.16 Å². The van der Waals surface area contributed by atoms with Gasteiger partial charge in [-0.25, -0.2) is 0 Å². The molecule has 0 saturated carbocycles. The van der Waals surface area contributed by atoms with Crippen LogP contribution in [0.1, 0.15) is 12.2 Å². The van der Waals surface area contributed by atoms with Crippen molar-refractivity contribution in [3.05, 3.63) is 33.0 Å². The molecular formula is C11H10Cl3N3OS. The first-order chi connectivity index (χ1) is 9.04. The predicted octanol–water partition coefficient (Wildman–Crippen LogP) is 3.44. The largest absolute Gasteiger partial charge is 0.396 e. The topological polar surface area (TPSA) is 50.9 Å². The molecule has 0 radical (unpaired) electrons. The quantitative estimate of drug-likeness (QED) is 0.663. The number of hydrogen-bond donors (Lipinski definition) is 2. The number of rotatable bonds is 4. The van der Waals surface area contributed by atoms with Crippen molar-refractivity contribution in [1.82, 2.24) is 14.8 Å². The molecule has 0 spiro atoms. The molecule has 1 aromatic carbocycles. The zero-order valence-corrected chi connectivity index (χ0v) is 12.8. The molecule has 0 aliphatic heterocycles. The second-order valence-corrected chi connectivity index (χ2v) is 5.39. The summed E-state index contributed by atoms with van der Waals surface area (Å²) < 4.78 is 1.72. The summed E-state index contributed by atoms with van der Waals surface area (Å²) in [5.74, 6) is 0.675. The number of aromatic nitrogens is 3. The van der Waals surface area contributed by atoms with Gasteiger partial charge in [-0.15, -0.1) is 22.8 Å². The third kappa shape index (κ3) is 3.17. The Balaban J connectivity index is 2.49. The van der Waals surface area contributed by atoms with Crippen LogP contribution >= 0.6 is 47.4 Å². The van der Waals surface area contributed by atoms with Crippen LogP contribution in [0.25, 0.3) is 5.69 Å². The number of aliphatic hydroxyl groups excluding tert-OH is 1. The maximum absolute atomic E-state index is 8.88. The first-order valence-corrected chi connectivity index (χ1v) is 7.01. The zero-order valence-electron chi connectivity index (χ0n) is 9.65. The van der Waals surface area contributed by atoms with Gasteiger partial charge in [0.1, 0.15) is 5.82 Å². The molecule has 0 saturated heterocycles. The van der Waals surface area contributed by atoms with Crippen molar-refractivity contribution >= 4 is 47.4 Å². The summed E-state index contributed by atoms with van der Waals surface area (Å²) in [4.78, 5) is 0. The van der Waals surface area contributed by atoms with E-state index in [9.17, 15) is 0 Å². The Morgan fingerprint density at radius 2 is 1.79 bits per heavy atom. The summed E-state index contributed by atoms with van der Waals surface area (Å²) in [5.41, 5.74) is 0.683. The van der Waals surface area contributed by atoms with Crippen LogP contribution in [0.5, 0.6) is 0 Å². The molecule has 0 aliphatic rings. The lowest BCUT2D eigenvalue weighted by atomic mass is 10.2. The Morgan fingerprint density at radius 1 is 1.16 bits per heavy atom. The average Bonchev–Trinajstić information content (AvgIpc) is 2.74. The van der Waals surface area contributed by atoms with Gasteiger partial charge in [-0.05, 0) is 18.6 Å². The Morgan fingerprint density at radius 3 is 2.37 bits per heavy atom. The minimum Gasteiger partial charge on any atom is -0.396 e. The van der Waals surface area contributed by atoms with Crippen LogP contribution in [0.15, 0.2) is 17.3 Å². The lowest BCUT2D eigenvalue weighted by Crippen LogP contribution is -2.03. The number of aliphatic hydroxyl groups is 1.